The van der Waals surface area contributed by atoms with Crippen molar-refractivity contribution in [2.75, 3.05) is 26.2 Å². The third-order valence-corrected chi connectivity index (χ3v) is 6.76. The van der Waals surface area contributed by atoms with Crippen LogP contribution in [0.3, 0.4) is 0 Å². The lowest BCUT2D eigenvalue weighted by molar-refractivity contribution is 0.0937. The van der Waals surface area contributed by atoms with Crippen molar-refractivity contribution >= 4 is 5.91 Å². The van der Waals surface area contributed by atoms with Crippen molar-refractivity contribution in [3.05, 3.63) is 77.0 Å². The van der Waals surface area contributed by atoms with E-state index in [0.717, 1.165) is 66.7 Å². The number of hydrogen-bond acceptors (Lipinski definition) is 5. The molecule has 0 radical (unpaired) electrons. The quantitative estimate of drug-likeness (QED) is 0.512. The molecule has 6 heteroatoms. The molecule has 3 aromatic rings. The molecule has 1 atom stereocenters. The lowest BCUT2D eigenvalue weighted by Crippen LogP contribution is -2.50. The summed E-state index contributed by atoms with van der Waals surface area (Å²) in [5, 5.41) is 6.34. The predicted octanol–water partition coefficient (Wildman–Crippen LogP) is 4.69. The number of furan rings is 1. The van der Waals surface area contributed by atoms with Gasteiger partial charge in [0.15, 0.2) is 0 Å². The first-order valence-electron chi connectivity index (χ1n) is 12.3. The molecule has 1 aromatic heterocycles. The smallest absolute Gasteiger partial charge is 0.252 e. The fourth-order valence-electron chi connectivity index (χ4n) is 4.56. The molecule has 178 valence electrons. The van der Waals surface area contributed by atoms with Crippen molar-refractivity contribution in [1.82, 2.24) is 15.5 Å². The van der Waals surface area contributed by atoms with E-state index >= 15 is 0 Å². The minimum absolute atomic E-state index is 0.0986. The van der Waals surface area contributed by atoms with Gasteiger partial charge in [-0.1, -0.05) is 24.3 Å². The molecule has 6 nitrogen and oxygen atoms in total. The number of likely N-dealkylation sites (tertiary alicyclic amines) is 1. The first kappa shape index (κ1) is 22.7. The molecule has 2 saturated heterocycles. The Bertz CT molecular complexity index is 1150. The van der Waals surface area contributed by atoms with Crippen LogP contribution in [-0.2, 0) is 6.54 Å². The largest absolute Gasteiger partial charge is 0.488 e. The van der Waals surface area contributed by atoms with Crippen LogP contribution in [0.1, 0.15) is 53.1 Å². The molecular formula is C28H33N3O3. The van der Waals surface area contributed by atoms with E-state index in [2.05, 4.69) is 33.7 Å². The molecular weight excluding hydrogens is 426 g/mol. The van der Waals surface area contributed by atoms with Gasteiger partial charge in [-0.3, -0.25) is 9.69 Å². The zero-order valence-electron chi connectivity index (χ0n) is 20.0. The van der Waals surface area contributed by atoms with Gasteiger partial charge in [0.25, 0.3) is 5.91 Å². The van der Waals surface area contributed by atoms with Crippen LogP contribution in [0.2, 0.25) is 0 Å². The molecule has 0 spiro atoms. The van der Waals surface area contributed by atoms with E-state index in [1.165, 1.54) is 12.8 Å². The Labute approximate surface area is 201 Å². The molecule has 1 amide bonds. The van der Waals surface area contributed by atoms with Crippen LogP contribution in [0.4, 0.5) is 0 Å². The van der Waals surface area contributed by atoms with E-state index in [1.54, 1.807) is 0 Å². The minimum atomic E-state index is -0.147. The maximum atomic E-state index is 13.1. The number of carbonyl (C=O) groups excluding carboxylic acids is 1. The van der Waals surface area contributed by atoms with Crippen LogP contribution >= 0.6 is 0 Å². The van der Waals surface area contributed by atoms with Gasteiger partial charge in [0.1, 0.15) is 23.4 Å². The molecule has 0 unspecified atom stereocenters. The standard InChI is InChI=1S/C28H33N3O3/c1-19-8-9-23(33-25-16-29-17-25)15-26(19)28(32)30-20(2)21-6-5-7-22(14-21)27-11-10-24(34-27)18-31-12-3-4-13-31/h5-11,14-15,20,25,29H,3-4,12-13,16-18H2,1-2H3,(H,30,32)/t20-/m1/s1. The van der Waals surface area contributed by atoms with Gasteiger partial charge in [-0.2, -0.15) is 0 Å². The normalized spacial score (nSPS) is 17.4. The number of carbonyl (C=O) groups is 1. The molecule has 2 aromatic carbocycles. The Morgan fingerprint density at radius 1 is 1.15 bits per heavy atom. The maximum absolute atomic E-state index is 13.1. The predicted molar refractivity (Wildman–Crippen MR) is 133 cm³/mol. The second-order valence-electron chi connectivity index (χ2n) is 9.44. The average molecular weight is 460 g/mol. The summed E-state index contributed by atoms with van der Waals surface area (Å²) in [4.78, 5) is 15.5. The highest BCUT2D eigenvalue weighted by Crippen LogP contribution is 2.27. The molecule has 2 aliphatic heterocycles. The van der Waals surface area contributed by atoms with Gasteiger partial charge in [0.05, 0.1) is 12.6 Å². The number of aryl methyl sites for hydroxylation is 1. The number of hydrogen-bond donors (Lipinski definition) is 2. The van der Waals surface area contributed by atoms with Crippen molar-refractivity contribution in [3.63, 3.8) is 0 Å². The van der Waals surface area contributed by atoms with Gasteiger partial charge in [-0.25, -0.2) is 0 Å². The molecule has 2 N–H and O–H groups in total. The Kier molecular flexibility index (Phi) is 6.70. The summed E-state index contributed by atoms with van der Waals surface area (Å²) in [7, 11) is 0. The van der Waals surface area contributed by atoms with Gasteiger partial charge in [-0.05, 0) is 81.2 Å². The Morgan fingerprint density at radius 3 is 2.74 bits per heavy atom. The fourth-order valence-corrected chi connectivity index (χ4v) is 4.56. The molecule has 0 saturated carbocycles. The van der Waals surface area contributed by atoms with Crippen LogP contribution in [0, 0.1) is 6.92 Å². The highest BCUT2D eigenvalue weighted by Gasteiger charge is 2.20. The third kappa shape index (κ3) is 5.18. The first-order valence-corrected chi connectivity index (χ1v) is 12.3. The van der Waals surface area contributed by atoms with Crippen LogP contribution in [-0.4, -0.2) is 43.1 Å². The molecule has 5 rings (SSSR count). The Hall–Kier alpha value is -3.09. The van der Waals surface area contributed by atoms with Gasteiger partial charge in [0, 0.05) is 24.2 Å². The van der Waals surface area contributed by atoms with Gasteiger partial charge in [-0.15, -0.1) is 0 Å². The highest BCUT2D eigenvalue weighted by molar-refractivity contribution is 5.96. The van der Waals surface area contributed by atoms with Gasteiger partial charge in [0.2, 0.25) is 0 Å². The monoisotopic (exact) mass is 459 g/mol. The summed E-state index contributed by atoms with van der Waals surface area (Å²) < 4.78 is 12.1. The van der Waals surface area contributed by atoms with Gasteiger partial charge < -0.3 is 19.8 Å². The lowest BCUT2D eigenvalue weighted by atomic mass is 10.0. The van der Waals surface area contributed by atoms with Crippen molar-refractivity contribution in [2.24, 2.45) is 0 Å². The van der Waals surface area contributed by atoms with Crippen molar-refractivity contribution < 1.29 is 13.9 Å². The van der Waals surface area contributed by atoms with Crippen LogP contribution in [0.5, 0.6) is 5.75 Å². The van der Waals surface area contributed by atoms with E-state index in [4.69, 9.17) is 9.15 Å². The second-order valence-corrected chi connectivity index (χ2v) is 9.44. The Morgan fingerprint density at radius 2 is 1.97 bits per heavy atom. The van der Waals surface area contributed by atoms with E-state index in [9.17, 15) is 4.79 Å². The summed E-state index contributed by atoms with van der Waals surface area (Å²) in [6, 6.07) is 17.9. The second kappa shape index (κ2) is 10.0. The zero-order chi connectivity index (χ0) is 23.5. The molecule has 3 heterocycles. The Balaban J connectivity index is 1.26. The summed E-state index contributed by atoms with van der Waals surface area (Å²) in [5.41, 5.74) is 3.63. The SMILES string of the molecule is Cc1ccc(OC2CNC2)cc1C(=O)N[C@H](C)c1cccc(-c2ccc(CN3CCCC3)o2)c1. The number of nitrogens with zero attached hydrogens (tertiary/aromatic N) is 1. The van der Waals surface area contributed by atoms with Crippen molar-refractivity contribution in [3.8, 4) is 17.1 Å². The minimum Gasteiger partial charge on any atom is -0.488 e. The number of nitrogens with one attached hydrogen (secondary N) is 2. The van der Waals surface area contributed by atoms with Crippen LogP contribution in [0.25, 0.3) is 11.3 Å². The van der Waals surface area contributed by atoms with E-state index in [0.29, 0.717) is 5.56 Å². The zero-order valence-corrected chi connectivity index (χ0v) is 20.0. The van der Waals surface area contributed by atoms with E-state index < -0.39 is 0 Å². The highest BCUT2D eigenvalue weighted by atomic mass is 16.5. The molecule has 0 bridgehead atoms. The number of ether oxygens (including phenoxy) is 1. The van der Waals surface area contributed by atoms with E-state index in [-0.39, 0.29) is 18.1 Å². The first-order chi connectivity index (χ1) is 16.5. The molecule has 2 fully saturated rings. The lowest BCUT2D eigenvalue weighted by Gasteiger charge is -2.28. The van der Waals surface area contributed by atoms with Gasteiger partial charge >= 0.3 is 0 Å². The van der Waals surface area contributed by atoms with E-state index in [1.807, 2.05) is 50.2 Å². The fraction of sp³-hybridized carbons (Fsp3) is 0.393. The summed E-state index contributed by atoms with van der Waals surface area (Å²) in [6.07, 6.45) is 2.72. The summed E-state index contributed by atoms with van der Waals surface area (Å²) in [6.45, 7) is 8.81. The van der Waals surface area contributed by atoms with Crippen molar-refractivity contribution in [1.29, 1.82) is 0 Å². The molecule has 2 aliphatic rings. The maximum Gasteiger partial charge on any atom is 0.252 e. The summed E-state index contributed by atoms with van der Waals surface area (Å²) >= 11 is 0. The summed E-state index contributed by atoms with van der Waals surface area (Å²) in [5.74, 6) is 2.50. The van der Waals surface area contributed by atoms with Crippen molar-refractivity contribution in [2.45, 2.75) is 45.4 Å². The number of amides is 1. The molecule has 0 aliphatic carbocycles. The topological polar surface area (TPSA) is 66.7 Å². The molecule has 34 heavy (non-hydrogen) atoms. The number of rotatable bonds is 8. The third-order valence-electron chi connectivity index (χ3n) is 6.76. The van der Waals surface area contributed by atoms with Crippen LogP contribution in [0.15, 0.2) is 59.0 Å². The van der Waals surface area contributed by atoms with Crippen LogP contribution < -0.4 is 15.4 Å². The number of benzene rings is 2. The average Bonchev–Trinajstić information content (AvgIpc) is 3.50.